The third-order valence-corrected chi connectivity index (χ3v) is 4.74. The Morgan fingerprint density at radius 3 is 2.13 bits per heavy atom. The number of carbonyl (C=O) groups excluding carboxylic acids is 3. The van der Waals surface area contributed by atoms with E-state index >= 15 is 0 Å². The molecule has 0 aliphatic rings. The smallest absolute Gasteiger partial charge is 0.338 e. The maximum atomic E-state index is 13.3. The summed E-state index contributed by atoms with van der Waals surface area (Å²) in [5.41, 5.74) is 1.87. The summed E-state index contributed by atoms with van der Waals surface area (Å²) in [6.45, 7) is 1.67. The van der Waals surface area contributed by atoms with Gasteiger partial charge in [0.1, 0.15) is 5.82 Å². The number of benzene rings is 3. The van der Waals surface area contributed by atoms with Crippen LogP contribution in [0.1, 0.15) is 38.8 Å². The average Bonchev–Trinajstić information content (AvgIpc) is 2.78. The highest BCUT2D eigenvalue weighted by Crippen LogP contribution is 2.13. The maximum absolute atomic E-state index is 13.3. The normalized spacial score (nSPS) is 11.5. The quantitative estimate of drug-likeness (QED) is 0.424. The van der Waals surface area contributed by atoms with Crippen LogP contribution >= 0.6 is 0 Å². The second kappa shape index (κ2) is 9.80. The Morgan fingerprint density at radius 1 is 0.871 bits per heavy atom. The first kappa shape index (κ1) is 21.9. The van der Waals surface area contributed by atoms with Gasteiger partial charge in [0.2, 0.25) is 0 Å². The van der Waals surface area contributed by atoms with E-state index in [0.29, 0.717) is 16.7 Å². The van der Waals surface area contributed by atoms with E-state index in [0.717, 1.165) is 0 Å². The minimum atomic E-state index is -1.02. The van der Waals surface area contributed by atoms with Crippen molar-refractivity contribution >= 4 is 17.7 Å². The number of halogens is 1. The number of esters is 1. The summed E-state index contributed by atoms with van der Waals surface area (Å²) in [4.78, 5) is 38.7. The minimum Gasteiger partial charge on any atom is -0.449 e. The fraction of sp³-hybridized carbons (Fsp3) is 0.160. The predicted molar refractivity (Wildman–Crippen MR) is 114 cm³/mol. The van der Waals surface area contributed by atoms with Crippen molar-refractivity contribution in [2.24, 2.45) is 0 Å². The van der Waals surface area contributed by atoms with Gasteiger partial charge in [-0.25, -0.2) is 9.18 Å². The summed E-state index contributed by atoms with van der Waals surface area (Å²) >= 11 is 0. The highest BCUT2D eigenvalue weighted by molar-refractivity contribution is 6.09. The molecule has 0 unspecified atom stereocenters. The number of rotatable bonds is 7. The van der Waals surface area contributed by atoms with Crippen LogP contribution in [0.4, 0.5) is 4.39 Å². The van der Waals surface area contributed by atoms with Gasteiger partial charge in [-0.05, 0) is 36.8 Å². The molecule has 3 aromatic carbocycles. The van der Waals surface area contributed by atoms with E-state index in [-0.39, 0.29) is 23.7 Å². The van der Waals surface area contributed by atoms with Gasteiger partial charge in [-0.15, -0.1) is 0 Å². The first-order valence-corrected chi connectivity index (χ1v) is 9.75. The van der Waals surface area contributed by atoms with Crippen LogP contribution in [0.2, 0.25) is 0 Å². The maximum Gasteiger partial charge on any atom is 0.338 e. The van der Waals surface area contributed by atoms with Crippen LogP contribution in [-0.2, 0) is 16.1 Å². The van der Waals surface area contributed by atoms with Crippen molar-refractivity contribution in [3.63, 3.8) is 0 Å². The summed E-state index contributed by atoms with van der Waals surface area (Å²) in [6.07, 6.45) is -1.02. The zero-order valence-corrected chi connectivity index (χ0v) is 17.2. The zero-order chi connectivity index (χ0) is 22.4. The van der Waals surface area contributed by atoms with Crippen LogP contribution in [0.3, 0.4) is 0 Å². The molecular weight excluding hydrogens is 397 g/mol. The van der Waals surface area contributed by atoms with Crippen molar-refractivity contribution in [1.82, 2.24) is 4.90 Å². The molecule has 0 saturated heterocycles. The lowest BCUT2D eigenvalue weighted by molar-refractivity contribution is -0.139. The highest BCUT2D eigenvalue weighted by atomic mass is 19.1. The Kier molecular flexibility index (Phi) is 6.92. The molecular formula is C25H22FNO4. The van der Waals surface area contributed by atoms with Crippen LogP contribution in [-0.4, -0.2) is 35.7 Å². The van der Waals surface area contributed by atoms with Crippen LogP contribution in [0.15, 0.2) is 78.9 Å². The monoisotopic (exact) mass is 419 g/mol. The lowest BCUT2D eigenvalue weighted by Crippen LogP contribution is -2.37. The van der Waals surface area contributed by atoms with Gasteiger partial charge in [0.15, 0.2) is 11.9 Å². The summed E-state index contributed by atoms with van der Waals surface area (Å²) in [6, 6.07) is 20.9. The molecule has 0 radical (unpaired) electrons. The number of nitrogens with zero attached hydrogens (tertiary/aromatic N) is 1. The lowest BCUT2D eigenvalue weighted by atomic mass is 10.0. The van der Waals surface area contributed by atoms with E-state index in [2.05, 4.69) is 0 Å². The third kappa shape index (κ3) is 5.63. The molecule has 0 spiro atoms. The lowest BCUT2D eigenvalue weighted by Gasteiger charge is -2.21. The number of amides is 1. The molecule has 1 atom stereocenters. The number of likely N-dealkylation sites (N-methyl/N-ethyl adjacent to an activating group) is 1. The van der Waals surface area contributed by atoms with Crippen molar-refractivity contribution in [3.8, 4) is 0 Å². The van der Waals surface area contributed by atoms with Gasteiger partial charge in [0, 0.05) is 24.7 Å². The van der Waals surface area contributed by atoms with E-state index < -0.39 is 18.0 Å². The Balaban J connectivity index is 1.60. The summed E-state index contributed by atoms with van der Waals surface area (Å²) in [7, 11) is 1.56. The standard InChI is InChI=1S/C25H22FNO4/c1-17(24(29)27(2)16-18-7-6-10-22(26)15-18)31-25(30)21-13-11-20(12-14-21)23(28)19-8-4-3-5-9-19/h3-15,17H,16H2,1-2H3/t17-/m1/s1. The summed E-state index contributed by atoms with van der Waals surface area (Å²) < 4.78 is 18.6. The average molecular weight is 419 g/mol. The molecule has 0 aromatic heterocycles. The Bertz CT molecular complexity index is 1080. The summed E-state index contributed by atoms with van der Waals surface area (Å²) in [5, 5.41) is 0. The van der Waals surface area contributed by atoms with Crippen LogP contribution in [0.5, 0.6) is 0 Å². The molecule has 0 aliphatic heterocycles. The fourth-order valence-corrected chi connectivity index (χ4v) is 3.09. The van der Waals surface area contributed by atoms with Gasteiger partial charge in [-0.2, -0.15) is 0 Å². The molecule has 6 heteroatoms. The molecule has 5 nitrogen and oxygen atoms in total. The first-order chi connectivity index (χ1) is 14.8. The number of ketones is 1. The molecule has 0 heterocycles. The molecule has 0 bridgehead atoms. The Labute approximate surface area is 180 Å². The van der Waals surface area contributed by atoms with E-state index in [4.69, 9.17) is 4.74 Å². The largest absolute Gasteiger partial charge is 0.449 e. The number of hydrogen-bond donors (Lipinski definition) is 0. The zero-order valence-electron chi connectivity index (χ0n) is 17.2. The summed E-state index contributed by atoms with van der Waals surface area (Å²) in [5.74, 6) is -1.61. The molecule has 158 valence electrons. The third-order valence-electron chi connectivity index (χ3n) is 4.74. The molecule has 0 aliphatic carbocycles. The second-order valence-corrected chi connectivity index (χ2v) is 7.14. The molecule has 31 heavy (non-hydrogen) atoms. The van der Waals surface area contributed by atoms with E-state index in [1.165, 1.54) is 36.1 Å². The minimum absolute atomic E-state index is 0.150. The van der Waals surface area contributed by atoms with Crippen molar-refractivity contribution in [3.05, 3.63) is 107 Å². The Morgan fingerprint density at radius 2 is 1.48 bits per heavy atom. The van der Waals surface area contributed by atoms with Gasteiger partial charge in [0.25, 0.3) is 5.91 Å². The van der Waals surface area contributed by atoms with Crippen molar-refractivity contribution in [2.75, 3.05) is 7.05 Å². The van der Waals surface area contributed by atoms with Gasteiger partial charge < -0.3 is 9.64 Å². The molecule has 3 rings (SSSR count). The molecule has 0 N–H and O–H groups in total. The van der Waals surface area contributed by atoms with Crippen molar-refractivity contribution in [1.29, 1.82) is 0 Å². The topological polar surface area (TPSA) is 63.7 Å². The van der Waals surface area contributed by atoms with E-state index in [1.807, 2.05) is 6.07 Å². The van der Waals surface area contributed by atoms with Gasteiger partial charge >= 0.3 is 5.97 Å². The van der Waals surface area contributed by atoms with Gasteiger partial charge in [-0.3, -0.25) is 9.59 Å². The number of hydrogen-bond acceptors (Lipinski definition) is 4. The van der Waals surface area contributed by atoms with Crippen molar-refractivity contribution in [2.45, 2.75) is 19.6 Å². The molecule has 0 fully saturated rings. The molecule has 1 amide bonds. The van der Waals surface area contributed by atoms with Crippen LogP contribution in [0, 0.1) is 5.82 Å². The van der Waals surface area contributed by atoms with E-state index in [1.54, 1.807) is 55.6 Å². The molecule has 3 aromatic rings. The fourth-order valence-electron chi connectivity index (χ4n) is 3.09. The number of carbonyl (C=O) groups is 3. The molecule has 0 saturated carbocycles. The van der Waals surface area contributed by atoms with Gasteiger partial charge in [0.05, 0.1) is 5.56 Å². The van der Waals surface area contributed by atoms with Crippen LogP contribution < -0.4 is 0 Å². The SMILES string of the molecule is C[C@@H](OC(=O)c1ccc(C(=O)c2ccccc2)cc1)C(=O)N(C)Cc1cccc(F)c1. The van der Waals surface area contributed by atoms with Crippen molar-refractivity contribution < 1.29 is 23.5 Å². The second-order valence-electron chi connectivity index (χ2n) is 7.14. The van der Waals surface area contributed by atoms with Crippen LogP contribution in [0.25, 0.3) is 0 Å². The van der Waals surface area contributed by atoms with Gasteiger partial charge in [-0.1, -0.05) is 54.6 Å². The highest BCUT2D eigenvalue weighted by Gasteiger charge is 2.22. The number of ether oxygens (including phenoxy) is 1. The van der Waals surface area contributed by atoms with E-state index in [9.17, 15) is 18.8 Å². The first-order valence-electron chi connectivity index (χ1n) is 9.75. The Hall–Kier alpha value is -3.80. The predicted octanol–water partition coefficient (Wildman–Crippen LogP) is 4.26.